The monoisotopic (exact) mass is 526 g/mol. The Labute approximate surface area is 234 Å². The largest absolute Gasteiger partial charge is 0.464 e. The van der Waals surface area contributed by atoms with Crippen LogP contribution in [0.2, 0.25) is 0 Å². The van der Waals surface area contributed by atoms with Gasteiger partial charge in [-0.3, -0.25) is 0 Å². The maximum absolute atomic E-state index is 5.99. The van der Waals surface area contributed by atoms with Gasteiger partial charge >= 0.3 is 0 Å². The molecule has 0 amide bonds. The van der Waals surface area contributed by atoms with Crippen molar-refractivity contribution in [2.75, 3.05) is 0 Å². The second-order valence-corrected chi connectivity index (χ2v) is 11.5. The quantitative estimate of drug-likeness (QED) is 0.204. The van der Waals surface area contributed by atoms with Crippen molar-refractivity contribution in [2.45, 2.75) is 0 Å². The highest BCUT2D eigenvalue weighted by Gasteiger charge is 2.20. The molecule has 2 aromatic heterocycles. The molecule has 0 spiro atoms. The number of benzene rings is 7. The van der Waals surface area contributed by atoms with Crippen LogP contribution in [0.1, 0.15) is 0 Å². The van der Waals surface area contributed by atoms with E-state index in [9.17, 15) is 0 Å². The number of rotatable bonds is 2. The van der Waals surface area contributed by atoms with Gasteiger partial charge < -0.3 is 4.42 Å². The fourth-order valence-electron chi connectivity index (χ4n) is 6.66. The molecule has 2 heteroatoms. The van der Waals surface area contributed by atoms with Gasteiger partial charge in [0.1, 0.15) is 5.58 Å². The van der Waals surface area contributed by atoms with Gasteiger partial charge in [0, 0.05) is 31.1 Å². The van der Waals surface area contributed by atoms with Gasteiger partial charge in [-0.2, -0.15) is 0 Å². The van der Waals surface area contributed by atoms with Crippen LogP contribution in [-0.2, 0) is 0 Å². The van der Waals surface area contributed by atoms with E-state index in [-0.39, 0.29) is 0 Å². The van der Waals surface area contributed by atoms with E-state index in [1.807, 2.05) is 11.3 Å². The summed E-state index contributed by atoms with van der Waals surface area (Å²) in [6.07, 6.45) is 1.80. The molecular formula is C38H22OS. The lowest BCUT2D eigenvalue weighted by molar-refractivity contribution is 0.619. The second-order valence-electron chi connectivity index (χ2n) is 10.4. The van der Waals surface area contributed by atoms with Crippen LogP contribution in [0, 0.1) is 0 Å². The summed E-state index contributed by atoms with van der Waals surface area (Å²) in [7, 11) is 0. The zero-order valence-corrected chi connectivity index (χ0v) is 22.3. The highest BCUT2D eigenvalue weighted by Crippen LogP contribution is 2.49. The summed E-state index contributed by atoms with van der Waals surface area (Å²) in [5.74, 6) is 0. The molecule has 0 saturated carbocycles. The Balaban J connectivity index is 1.46. The first kappa shape index (κ1) is 22.0. The maximum Gasteiger partial charge on any atom is 0.143 e. The molecule has 0 atom stereocenters. The minimum Gasteiger partial charge on any atom is -0.464 e. The Morgan fingerprint density at radius 3 is 1.75 bits per heavy atom. The van der Waals surface area contributed by atoms with Crippen LogP contribution < -0.4 is 0 Å². The van der Waals surface area contributed by atoms with E-state index in [1.165, 1.54) is 74.7 Å². The highest BCUT2D eigenvalue weighted by molar-refractivity contribution is 7.26. The van der Waals surface area contributed by atoms with Gasteiger partial charge in [0.15, 0.2) is 0 Å². The molecule has 0 unspecified atom stereocenters. The molecule has 7 aromatic carbocycles. The smallest absolute Gasteiger partial charge is 0.143 e. The molecule has 1 nitrogen and oxygen atoms in total. The van der Waals surface area contributed by atoms with Crippen LogP contribution in [0.15, 0.2) is 138 Å². The number of hydrogen-bond acceptors (Lipinski definition) is 2. The van der Waals surface area contributed by atoms with E-state index in [2.05, 4.69) is 127 Å². The lowest BCUT2D eigenvalue weighted by Gasteiger charge is -2.19. The van der Waals surface area contributed by atoms with E-state index >= 15 is 0 Å². The Kier molecular flexibility index (Phi) is 4.55. The van der Waals surface area contributed by atoms with Crippen molar-refractivity contribution in [3.8, 4) is 22.3 Å². The molecule has 2 heterocycles. The zero-order chi connectivity index (χ0) is 26.2. The van der Waals surface area contributed by atoms with Crippen LogP contribution in [0.25, 0.3) is 85.7 Å². The first-order chi connectivity index (χ1) is 19.9. The summed E-state index contributed by atoms with van der Waals surface area (Å²) < 4.78 is 8.55. The first-order valence-electron chi connectivity index (χ1n) is 13.6. The van der Waals surface area contributed by atoms with Gasteiger partial charge in [0.05, 0.1) is 6.26 Å². The SMILES string of the molecule is c1ccc2c(-c3c4ccccc4c(-c4cccc5c4sc4ccc6ccoc6c45)c4ccccc34)cccc2c1. The molecule has 0 aliphatic rings. The van der Waals surface area contributed by atoms with Crippen molar-refractivity contribution in [3.63, 3.8) is 0 Å². The predicted octanol–water partition coefficient (Wildman–Crippen LogP) is 11.6. The highest BCUT2D eigenvalue weighted by atomic mass is 32.1. The fraction of sp³-hybridized carbons (Fsp3) is 0. The van der Waals surface area contributed by atoms with Crippen molar-refractivity contribution < 1.29 is 4.42 Å². The number of furan rings is 1. The van der Waals surface area contributed by atoms with Gasteiger partial charge in [-0.15, -0.1) is 11.3 Å². The molecule has 0 bridgehead atoms. The number of thiophene rings is 1. The number of fused-ring (bicyclic) bond motifs is 8. The van der Waals surface area contributed by atoms with Crippen LogP contribution in [0.3, 0.4) is 0 Å². The third kappa shape index (κ3) is 2.97. The van der Waals surface area contributed by atoms with Gasteiger partial charge in [0.25, 0.3) is 0 Å². The van der Waals surface area contributed by atoms with Gasteiger partial charge in [-0.1, -0.05) is 109 Å². The maximum atomic E-state index is 5.99. The Hall–Kier alpha value is -4.92. The molecule has 0 fully saturated rings. The standard InChI is InChI=1S/C38H22OS/c1-2-11-25-23(9-1)10-7-16-26(25)34-27-12-3-5-14-29(27)35(30-15-6-4-13-28(30)34)31-17-8-18-32-36-33(40-38(31)32)20-19-24-21-22-39-37(24)36/h1-22H. The second kappa shape index (κ2) is 8.29. The van der Waals surface area contributed by atoms with Crippen LogP contribution in [-0.4, -0.2) is 0 Å². The van der Waals surface area contributed by atoms with Crippen molar-refractivity contribution in [3.05, 3.63) is 134 Å². The van der Waals surface area contributed by atoms with Crippen LogP contribution in [0.4, 0.5) is 0 Å². The van der Waals surface area contributed by atoms with E-state index in [1.54, 1.807) is 6.26 Å². The number of hydrogen-bond donors (Lipinski definition) is 0. The molecule has 0 aliphatic heterocycles. The van der Waals surface area contributed by atoms with E-state index in [4.69, 9.17) is 4.42 Å². The summed E-state index contributed by atoms with van der Waals surface area (Å²) in [6.45, 7) is 0. The Bertz CT molecular complexity index is 2380. The van der Waals surface area contributed by atoms with Crippen molar-refractivity contribution >= 4 is 74.8 Å². The lowest BCUT2D eigenvalue weighted by atomic mass is 9.84. The van der Waals surface area contributed by atoms with Gasteiger partial charge in [-0.25, -0.2) is 0 Å². The molecule has 0 radical (unpaired) electrons. The van der Waals surface area contributed by atoms with Crippen molar-refractivity contribution in [1.82, 2.24) is 0 Å². The minimum atomic E-state index is 0.974. The third-order valence-electron chi connectivity index (χ3n) is 8.34. The Morgan fingerprint density at radius 2 is 1.00 bits per heavy atom. The van der Waals surface area contributed by atoms with Crippen LogP contribution >= 0.6 is 11.3 Å². The molecule has 0 aliphatic carbocycles. The lowest BCUT2D eigenvalue weighted by Crippen LogP contribution is -1.91. The molecule has 9 rings (SSSR count). The summed E-state index contributed by atoms with van der Waals surface area (Å²) >= 11 is 1.86. The molecule has 0 saturated heterocycles. The average Bonchev–Trinajstić information content (AvgIpc) is 3.64. The molecule has 9 aromatic rings. The third-order valence-corrected chi connectivity index (χ3v) is 9.54. The summed E-state index contributed by atoms with van der Waals surface area (Å²) in [5.41, 5.74) is 6.12. The molecule has 0 N–H and O–H groups in total. The molecular weight excluding hydrogens is 504 g/mol. The topological polar surface area (TPSA) is 13.1 Å². The summed E-state index contributed by atoms with van der Waals surface area (Å²) in [6, 6.07) is 46.4. The molecule has 186 valence electrons. The fourth-order valence-corrected chi connectivity index (χ4v) is 7.88. The van der Waals surface area contributed by atoms with Gasteiger partial charge in [-0.05, 0) is 67.2 Å². The normalized spacial score (nSPS) is 12.0. The summed E-state index contributed by atoms with van der Waals surface area (Å²) in [5, 5.41) is 11.3. The van der Waals surface area contributed by atoms with Crippen LogP contribution in [0.5, 0.6) is 0 Å². The van der Waals surface area contributed by atoms with Gasteiger partial charge in [0.2, 0.25) is 0 Å². The Morgan fingerprint density at radius 1 is 0.425 bits per heavy atom. The van der Waals surface area contributed by atoms with Crippen molar-refractivity contribution in [1.29, 1.82) is 0 Å². The van der Waals surface area contributed by atoms with Crippen molar-refractivity contribution in [2.24, 2.45) is 0 Å². The van der Waals surface area contributed by atoms with E-state index in [0.29, 0.717) is 0 Å². The van der Waals surface area contributed by atoms with E-state index in [0.717, 1.165) is 11.0 Å². The zero-order valence-electron chi connectivity index (χ0n) is 21.5. The minimum absolute atomic E-state index is 0.974. The van der Waals surface area contributed by atoms with E-state index < -0.39 is 0 Å². The summed E-state index contributed by atoms with van der Waals surface area (Å²) in [4.78, 5) is 0. The average molecular weight is 527 g/mol. The molecule has 40 heavy (non-hydrogen) atoms. The predicted molar refractivity (Wildman–Crippen MR) is 172 cm³/mol. The first-order valence-corrected chi connectivity index (χ1v) is 14.4.